The van der Waals surface area contributed by atoms with Crippen LogP contribution < -0.4 is 19.9 Å². The Kier molecular flexibility index (Phi) is 5.83. The molecule has 3 heterocycles. The van der Waals surface area contributed by atoms with E-state index in [2.05, 4.69) is 10.3 Å². The molecule has 2 aliphatic rings. The van der Waals surface area contributed by atoms with Crippen molar-refractivity contribution >= 4 is 28.8 Å². The summed E-state index contributed by atoms with van der Waals surface area (Å²) in [6.45, 7) is 5.46. The van der Waals surface area contributed by atoms with Gasteiger partial charge in [-0.25, -0.2) is 9.37 Å². The van der Waals surface area contributed by atoms with Gasteiger partial charge < -0.3 is 24.6 Å². The number of benzene rings is 2. The highest BCUT2D eigenvalue weighted by Gasteiger charge is 2.27. The second-order valence-electron chi connectivity index (χ2n) is 8.07. The van der Waals surface area contributed by atoms with Crippen LogP contribution in [0, 0.1) is 12.7 Å². The number of para-hydroxylation sites is 1. The lowest BCUT2D eigenvalue weighted by atomic mass is 10.1. The Bertz CT molecular complexity index is 1160. The quantitative estimate of drug-likeness (QED) is 0.647. The summed E-state index contributed by atoms with van der Waals surface area (Å²) in [6.07, 6.45) is 1.80. The molecular formula is C25H25FN4O3. The van der Waals surface area contributed by atoms with E-state index in [-0.39, 0.29) is 11.7 Å². The Hall–Kier alpha value is -3.65. The lowest BCUT2D eigenvalue weighted by Gasteiger charge is -2.32. The first-order chi connectivity index (χ1) is 16.1. The summed E-state index contributed by atoms with van der Waals surface area (Å²) >= 11 is 0. The molecule has 0 unspecified atom stereocenters. The predicted octanol–water partition coefficient (Wildman–Crippen LogP) is 4.15. The summed E-state index contributed by atoms with van der Waals surface area (Å²) in [5.74, 6) is 0.642. The van der Waals surface area contributed by atoms with Gasteiger partial charge in [-0.05, 0) is 48.9 Å². The number of hydrogen-bond donors (Lipinski definition) is 1. The molecule has 5 rings (SSSR count). The number of morpholine rings is 1. The zero-order valence-corrected chi connectivity index (χ0v) is 18.4. The van der Waals surface area contributed by atoms with Gasteiger partial charge >= 0.3 is 0 Å². The van der Waals surface area contributed by atoms with Crippen LogP contribution in [0.5, 0.6) is 5.75 Å². The fourth-order valence-corrected chi connectivity index (χ4v) is 4.15. The molecule has 0 bridgehead atoms. The molecule has 0 aliphatic carbocycles. The van der Waals surface area contributed by atoms with Gasteiger partial charge in [-0.1, -0.05) is 12.1 Å². The summed E-state index contributed by atoms with van der Waals surface area (Å²) in [5, 5.41) is 2.84. The summed E-state index contributed by atoms with van der Waals surface area (Å²) < 4.78 is 26.0. The van der Waals surface area contributed by atoms with Gasteiger partial charge in [0.15, 0.2) is 0 Å². The molecule has 3 aromatic rings. The molecule has 170 valence electrons. The number of aryl methyl sites for hydroxylation is 1. The number of carbonyl (C=O) groups is 1. The highest BCUT2D eigenvalue weighted by atomic mass is 19.1. The van der Waals surface area contributed by atoms with Crippen LogP contribution in [0.25, 0.3) is 0 Å². The maximum Gasteiger partial charge on any atom is 0.257 e. The Labute approximate surface area is 191 Å². The second kappa shape index (κ2) is 9.07. The minimum atomic E-state index is -0.376. The van der Waals surface area contributed by atoms with Crippen LogP contribution in [0.15, 0.2) is 54.7 Å². The first kappa shape index (κ1) is 21.2. The van der Waals surface area contributed by atoms with Gasteiger partial charge in [0.2, 0.25) is 0 Å². The minimum absolute atomic E-state index is 0.340. The lowest BCUT2D eigenvalue weighted by Crippen LogP contribution is -2.36. The number of rotatable bonds is 4. The molecule has 0 atom stereocenters. The first-order valence-corrected chi connectivity index (χ1v) is 11.0. The van der Waals surface area contributed by atoms with E-state index in [0.717, 1.165) is 11.4 Å². The Morgan fingerprint density at radius 1 is 1.06 bits per heavy atom. The van der Waals surface area contributed by atoms with Crippen LogP contribution in [0.4, 0.5) is 27.3 Å². The van der Waals surface area contributed by atoms with Crippen molar-refractivity contribution in [3.63, 3.8) is 0 Å². The average Bonchev–Trinajstić information content (AvgIpc) is 2.84. The van der Waals surface area contributed by atoms with Gasteiger partial charge in [-0.3, -0.25) is 4.79 Å². The summed E-state index contributed by atoms with van der Waals surface area (Å²) in [6, 6.07) is 14.0. The van der Waals surface area contributed by atoms with Crippen LogP contribution in [-0.4, -0.2) is 50.3 Å². The molecule has 2 aromatic carbocycles. The third-order valence-electron chi connectivity index (χ3n) is 5.82. The molecule has 1 N–H and O–H groups in total. The highest BCUT2D eigenvalue weighted by Crippen LogP contribution is 2.39. The molecular weight excluding hydrogens is 423 g/mol. The van der Waals surface area contributed by atoms with Crippen LogP contribution >= 0.6 is 0 Å². The maximum absolute atomic E-state index is 14.8. The van der Waals surface area contributed by atoms with E-state index < -0.39 is 0 Å². The first-order valence-electron chi connectivity index (χ1n) is 11.0. The summed E-state index contributed by atoms with van der Waals surface area (Å²) in [5.41, 5.74) is 3.05. The third-order valence-corrected chi connectivity index (χ3v) is 5.82. The number of nitrogens with zero attached hydrogens (tertiary/aromatic N) is 3. The van der Waals surface area contributed by atoms with Crippen molar-refractivity contribution in [2.24, 2.45) is 0 Å². The number of hydrogen-bond acceptors (Lipinski definition) is 6. The van der Waals surface area contributed by atoms with Gasteiger partial charge in [-0.2, -0.15) is 0 Å². The zero-order chi connectivity index (χ0) is 22.8. The van der Waals surface area contributed by atoms with Crippen molar-refractivity contribution in [3.05, 3.63) is 71.7 Å². The van der Waals surface area contributed by atoms with Crippen molar-refractivity contribution < 1.29 is 18.7 Å². The highest BCUT2D eigenvalue weighted by molar-refractivity contribution is 6.09. The van der Waals surface area contributed by atoms with Crippen molar-refractivity contribution in [1.82, 2.24) is 4.98 Å². The summed E-state index contributed by atoms with van der Waals surface area (Å²) in [4.78, 5) is 21.7. The number of nitrogens with one attached hydrogen (secondary N) is 1. The molecule has 8 heteroatoms. The number of pyridine rings is 1. The average molecular weight is 448 g/mol. The fourth-order valence-electron chi connectivity index (χ4n) is 4.15. The van der Waals surface area contributed by atoms with Crippen molar-refractivity contribution in [3.8, 4) is 5.75 Å². The van der Waals surface area contributed by atoms with Crippen molar-refractivity contribution in [2.75, 3.05) is 54.6 Å². The van der Waals surface area contributed by atoms with E-state index in [0.29, 0.717) is 67.8 Å². The van der Waals surface area contributed by atoms with Crippen molar-refractivity contribution in [1.29, 1.82) is 0 Å². The van der Waals surface area contributed by atoms with E-state index in [4.69, 9.17) is 9.47 Å². The third kappa shape index (κ3) is 4.34. The van der Waals surface area contributed by atoms with E-state index in [1.54, 1.807) is 30.5 Å². The molecule has 7 nitrogen and oxygen atoms in total. The molecule has 1 fully saturated rings. The smallest absolute Gasteiger partial charge is 0.257 e. The number of anilines is 4. The minimum Gasteiger partial charge on any atom is -0.490 e. The van der Waals surface area contributed by atoms with Crippen LogP contribution in [0.2, 0.25) is 0 Å². The standard InChI is InChI=1S/C25H25FN4O3/c1-17-5-8-23(27-16-17)30-11-14-33-22-4-2-3-19(24(22)30)25(31)28-18-6-7-21(20(26)15-18)29-9-12-32-13-10-29/h2-8,15-16H,9-14H2,1H3,(H,28,31). The lowest BCUT2D eigenvalue weighted by molar-refractivity contribution is 0.102. The molecule has 1 amide bonds. The van der Waals surface area contributed by atoms with Crippen molar-refractivity contribution in [2.45, 2.75) is 6.92 Å². The second-order valence-corrected chi connectivity index (χ2v) is 8.07. The number of carbonyl (C=O) groups excluding carboxylic acids is 1. The van der Waals surface area contributed by atoms with Gasteiger partial charge in [0.05, 0.1) is 36.7 Å². The summed E-state index contributed by atoms with van der Waals surface area (Å²) in [7, 11) is 0. The van der Waals surface area contributed by atoms with Gasteiger partial charge in [0.1, 0.15) is 24.0 Å². The van der Waals surface area contributed by atoms with Crippen LogP contribution in [0.3, 0.4) is 0 Å². The number of fused-ring (bicyclic) bond motifs is 1. The number of halogens is 1. The number of ether oxygens (including phenoxy) is 2. The van der Waals surface area contributed by atoms with Crippen LogP contribution in [0.1, 0.15) is 15.9 Å². The molecule has 0 radical (unpaired) electrons. The number of amides is 1. The maximum atomic E-state index is 14.8. The Morgan fingerprint density at radius 2 is 1.91 bits per heavy atom. The van der Waals surface area contributed by atoms with Gasteiger partial charge in [0, 0.05) is 25.0 Å². The monoisotopic (exact) mass is 448 g/mol. The zero-order valence-electron chi connectivity index (χ0n) is 18.4. The topological polar surface area (TPSA) is 66.9 Å². The predicted molar refractivity (Wildman–Crippen MR) is 125 cm³/mol. The van der Waals surface area contributed by atoms with E-state index in [1.165, 1.54) is 6.07 Å². The van der Waals surface area contributed by atoms with Gasteiger partial charge in [-0.15, -0.1) is 0 Å². The fraction of sp³-hybridized carbons (Fsp3) is 0.280. The SMILES string of the molecule is Cc1ccc(N2CCOc3cccc(C(=O)Nc4ccc(N5CCOCC5)c(F)c4)c32)nc1. The molecule has 1 saturated heterocycles. The van der Waals surface area contributed by atoms with E-state index >= 15 is 0 Å². The molecule has 0 saturated carbocycles. The largest absolute Gasteiger partial charge is 0.490 e. The van der Waals surface area contributed by atoms with E-state index in [1.807, 2.05) is 34.9 Å². The number of aromatic nitrogens is 1. The molecule has 2 aliphatic heterocycles. The van der Waals surface area contributed by atoms with Gasteiger partial charge in [0.25, 0.3) is 5.91 Å². The molecule has 1 aromatic heterocycles. The normalized spacial score (nSPS) is 15.6. The van der Waals surface area contributed by atoms with Crippen LogP contribution in [-0.2, 0) is 4.74 Å². The Balaban J connectivity index is 1.42. The Morgan fingerprint density at radius 3 is 2.67 bits per heavy atom. The molecule has 0 spiro atoms. The van der Waals surface area contributed by atoms with E-state index in [9.17, 15) is 9.18 Å². The molecule has 33 heavy (non-hydrogen) atoms.